The fourth-order valence-electron chi connectivity index (χ4n) is 2.28. The highest BCUT2D eigenvalue weighted by atomic mass is 32.1. The molecule has 2 rings (SSSR count). The summed E-state index contributed by atoms with van der Waals surface area (Å²) in [6.45, 7) is 5.78. The Morgan fingerprint density at radius 3 is 2.48 bits per heavy atom. The molecule has 0 spiro atoms. The van der Waals surface area contributed by atoms with E-state index in [1.807, 2.05) is 19.1 Å². The zero-order chi connectivity index (χ0) is 17.0. The molecule has 0 aromatic heterocycles. The third-order valence-corrected chi connectivity index (χ3v) is 3.75. The molecule has 1 aromatic carbocycles. The summed E-state index contributed by atoms with van der Waals surface area (Å²) in [5, 5.41) is 20.2. The van der Waals surface area contributed by atoms with E-state index in [-0.39, 0.29) is 5.24 Å². The van der Waals surface area contributed by atoms with Crippen molar-refractivity contribution >= 4 is 17.5 Å². The molecule has 1 aliphatic rings. The van der Waals surface area contributed by atoms with Gasteiger partial charge in [0, 0.05) is 18.8 Å². The lowest BCUT2D eigenvalue weighted by Gasteiger charge is -2.40. The third-order valence-electron chi connectivity index (χ3n) is 3.57. The summed E-state index contributed by atoms with van der Waals surface area (Å²) < 4.78 is 21.6. The molecule has 1 aromatic rings. The Bertz CT molecular complexity index is 520. The first-order valence-corrected chi connectivity index (χ1v) is 7.91. The average molecular weight is 342 g/mol. The fraction of sp³-hybridized carbons (Fsp3) is 0.562. The lowest BCUT2D eigenvalue weighted by Crippen LogP contribution is -2.59. The lowest BCUT2D eigenvalue weighted by molar-refractivity contribution is -0.290. The summed E-state index contributed by atoms with van der Waals surface area (Å²) in [5.74, 6) is 0.519. The monoisotopic (exact) mass is 342 g/mol. The predicted molar refractivity (Wildman–Crippen MR) is 87.3 cm³/mol. The Labute approximate surface area is 140 Å². The number of rotatable bonds is 4. The van der Waals surface area contributed by atoms with Crippen LogP contribution < -0.4 is 4.74 Å². The minimum atomic E-state index is -1.18. The van der Waals surface area contributed by atoms with Crippen molar-refractivity contribution in [3.63, 3.8) is 0 Å². The molecule has 0 amide bonds. The van der Waals surface area contributed by atoms with Gasteiger partial charge in [-0.05, 0) is 32.9 Å². The van der Waals surface area contributed by atoms with Gasteiger partial charge in [-0.2, -0.15) is 0 Å². The molecule has 0 radical (unpaired) electrons. The fourth-order valence-corrected chi connectivity index (χ4v) is 2.48. The highest BCUT2D eigenvalue weighted by molar-refractivity contribution is 7.79. The van der Waals surface area contributed by atoms with Crippen molar-refractivity contribution in [2.45, 2.75) is 51.5 Å². The molecule has 2 N–H and O–H groups in total. The molecule has 1 fully saturated rings. The van der Waals surface area contributed by atoms with E-state index in [0.29, 0.717) is 12.4 Å². The maximum atomic E-state index is 10.2. The number of aliphatic hydroxyl groups excluding tert-OH is 2. The van der Waals surface area contributed by atoms with E-state index in [9.17, 15) is 10.2 Å². The van der Waals surface area contributed by atoms with Gasteiger partial charge in [0.05, 0.1) is 6.10 Å². The molecule has 0 saturated carbocycles. The van der Waals surface area contributed by atoms with Crippen molar-refractivity contribution in [1.82, 2.24) is 0 Å². The normalized spacial score (nSPS) is 30.7. The number of benzene rings is 1. The molecule has 1 aliphatic heterocycles. The van der Waals surface area contributed by atoms with E-state index in [1.54, 1.807) is 26.0 Å². The molecule has 7 heteroatoms. The Hall–Kier alpha value is -1.25. The summed E-state index contributed by atoms with van der Waals surface area (Å²) in [6, 6.07) is 7.27. The van der Waals surface area contributed by atoms with E-state index in [2.05, 4.69) is 0 Å². The van der Waals surface area contributed by atoms with Gasteiger partial charge < -0.3 is 29.2 Å². The van der Waals surface area contributed by atoms with Crippen LogP contribution in [0.2, 0.25) is 0 Å². The van der Waals surface area contributed by atoms with Crippen LogP contribution in [0.3, 0.4) is 0 Å². The zero-order valence-corrected chi connectivity index (χ0v) is 14.2. The molecule has 6 nitrogen and oxygen atoms in total. The number of ether oxygens (including phenoxy) is 4. The number of hydrogen-bond acceptors (Lipinski definition) is 7. The number of thiocarbonyl (C=S) groups is 1. The Morgan fingerprint density at radius 2 is 1.87 bits per heavy atom. The Kier molecular flexibility index (Phi) is 6.32. The second-order valence-corrected chi connectivity index (χ2v) is 5.73. The summed E-state index contributed by atoms with van der Waals surface area (Å²) in [4.78, 5) is 0. The van der Waals surface area contributed by atoms with Crippen LogP contribution in [-0.4, -0.2) is 52.8 Å². The van der Waals surface area contributed by atoms with Gasteiger partial charge in [-0.3, -0.25) is 0 Å². The average Bonchev–Trinajstić information content (AvgIpc) is 2.51. The van der Waals surface area contributed by atoms with Gasteiger partial charge >= 0.3 is 5.24 Å². The van der Waals surface area contributed by atoms with Crippen molar-refractivity contribution in [3.05, 3.63) is 29.8 Å². The second kappa shape index (κ2) is 8.03. The number of hydrogen-bond donors (Lipinski definition) is 2. The minimum Gasteiger partial charge on any atom is -0.447 e. The van der Waals surface area contributed by atoms with E-state index in [0.717, 1.165) is 5.56 Å². The molecule has 1 heterocycles. The Morgan fingerprint density at radius 1 is 1.22 bits per heavy atom. The standard InChI is InChI=1S/C16H22O6S/c1-4-19-15-13(18)14(12(17)10(3)20-15)22-16(23)21-11-7-5-9(2)6-8-11/h5-8,10,12-15,17-18H,4H2,1-3H3/t10-,12+,13-,14+,15-/m0/s1. The molecule has 128 valence electrons. The van der Waals surface area contributed by atoms with Crippen molar-refractivity contribution in [1.29, 1.82) is 0 Å². The first kappa shape index (κ1) is 18.1. The van der Waals surface area contributed by atoms with Crippen LogP contribution in [0.1, 0.15) is 19.4 Å². The van der Waals surface area contributed by atoms with Gasteiger partial charge in [0.1, 0.15) is 18.0 Å². The smallest absolute Gasteiger partial charge is 0.358 e. The van der Waals surface area contributed by atoms with Crippen molar-refractivity contribution < 1.29 is 29.2 Å². The second-order valence-electron chi connectivity index (χ2n) is 5.39. The Balaban J connectivity index is 2.00. The van der Waals surface area contributed by atoms with Gasteiger partial charge in [0.15, 0.2) is 12.4 Å². The molecule has 0 unspecified atom stereocenters. The highest BCUT2D eigenvalue weighted by Gasteiger charge is 2.45. The summed E-state index contributed by atoms with van der Waals surface area (Å²) in [5.41, 5.74) is 1.09. The van der Waals surface area contributed by atoms with E-state index in [1.165, 1.54) is 0 Å². The molecular formula is C16H22O6S. The van der Waals surface area contributed by atoms with Crippen LogP contribution in [-0.2, 0) is 14.2 Å². The first-order valence-electron chi connectivity index (χ1n) is 7.50. The van der Waals surface area contributed by atoms with Gasteiger partial charge in [-0.25, -0.2) is 0 Å². The predicted octanol–water partition coefficient (Wildman–Crippen LogP) is 1.55. The van der Waals surface area contributed by atoms with E-state index >= 15 is 0 Å². The summed E-state index contributed by atoms with van der Waals surface area (Å²) >= 11 is 5.05. The topological polar surface area (TPSA) is 77.4 Å². The van der Waals surface area contributed by atoms with E-state index < -0.39 is 30.7 Å². The molecule has 5 atom stereocenters. The van der Waals surface area contributed by atoms with Crippen molar-refractivity contribution in [3.8, 4) is 5.75 Å². The van der Waals surface area contributed by atoms with Crippen LogP contribution in [0.5, 0.6) is 5.75 Å². The van der Waals surface area contributed by atoms with Crippen LogP contribution in [0, 0.1) is 6.92 Å². The minimum absolute atomic E-state index is 0.179. The van der Waals surface area contributed by atoms with Crippen molar-refractivity contribution in [2.75, 3.05) is 6.61 Å². The maximum Gasteiger partial charge on any atom is 0.358 e. The summed E-state index contributed by atoms with van der Waals surface area (Å²) in [6.07, 6.45) is -4.68. The first-order chi connectivity index (χ1) is 10.9. The van der Waals surface area contributed by atoms with Crippen molar-refractivity contribution in [2.24, 2.45) is 0 Å². The third kappa shape index (κ3) is 4.62. The van der Waals surface area contributed by atoms with Gasteiger partial charge in [-0.15, -0.1) is 0 Å². The number of aryl methyl sites for hydroxylation is 1. The lowest BCUT2D eigenvalue weighted by atomic mass is 10.00. The molecule has 0 bridgehead atoms. The maximum absolute atomic E-state index is 10.2. The van der Waals surface area contributed by atoms with Crippen LogP contribution in [0.15, 0.2) is 24.3 Å². The highest BCUT2D eigenvalue weighted by Crippen LogP contribution is 2.25. The molecular weight excluding hydrogens is 320 g/mol. The van der Waals surface area contributed by atoms with Gasteiger partial charge in [0.2, 0.25) is 0 Å². The molecule has 23 heavy (non-hydrogen) atoms. The van der Waals surface area contributed by atoms with Gasteiger partial charge in [0.25, 0.3) is 0 Å². The largest absolute Gasteiger partial charge is 0.447 e. The van der Waals surface area contributed by atoms with Crippen LogP contribution >= 0.6 is 12.2 Å². The van der Waals surface area contributed by atoms with Crippen LogP contribution in [0.4, 0.5) is 0 Å². The quantitative estimate of drug-likeness (QED) is 0.804. The summed E-state index contributed by atoms with van der Waals surface area (Å²) in [7, 11) is 0. The van der Waals surface area contributed by atoms with Gasteiger partial charge in [-0.1, -0.05) is 17.7 Å². The molecule has 1 saturated heterocycles. The van der Waals surface area contributed by atoms with Crippen LogP contribution in [0.25, 0.3) is 0 Å². The SMILES string of the molecule is CCO[C@H]1O[C@@H](C)[C@@H](O)[C@@H](OC(=S)Oc2ccc(C)cc2)[C@@H]1O. The zero-order valence-electron chi connectivity index (χ0n) is 13.3. The van der Waals surface area contributed by atoms with E-state index in [4.69, 9.17) is 31.2 Å². The number of aliphatic hydroxyl groups is 2. The molecule has 0 aliphatic carbocycles.